The number of benzene rings is 1. The van der Waals surface area contributed by atoms with Gasteiger partial charge in [0.2, 0.25) is 11.8 Å². The van der Waals surface area contributed by atoms with Crippen LogP contribution >= 0.6 is 15.9 Å². The number of piperidine rings is 1. The van der Waals surface area contributed by atoms with E-state index in [0.29, 0.717) is 12.8 Å². The molecule has 1 aliphatic heterocycles. The van der Waals surface area contributed by atoms with E-state index in [4.69, 9.17) is 0 Å². The maximum absolute atomic E-state index is 11.8. The lowest BCUT2D eigenvalue weighted by molar-refractivity contribution is -0.134. The van der Waals surface area contributed by atoms with Crippen LogP contribution in [-0.2, 0) is 9.59 Å². The first-order valence-electron chi connectivity index (χ1n) is 6.02. The number of carbonyl (C=O) groups is 2. The van der Waals surface area contributed by atoms with Crippen LogP contribution in [0.5, 0.6) is 0 Å². The number of hydrogen-bond acceptors (Lipinski definition) is 3. The molecule has 2 aromatic rings. The fourth-order valence-corrected chi connectivity index (χ4v) is 2.69. The lowest BCUT2D eigenvalue weighted by Gasteiger charge is -2.21. The van der Waals surface area contributed by atoms with Gasteiger partial charge in [-0.1, -0.05) is 12.1 Å². The van der Waals surface area contributed by atoms with Crippen molar-refractivity contribution in [2.75, 3.05) is 0 Å². The molecule has 4 nitrogen and oxygen atoms in total. The number of nitrogens with one attached hydrogen (secondary N) is 1. The maximum Gasteiger partial charge on any atom is 0.234 e. The van der Waals surface area contributed by atoms with Crippen molar-refractivity contribution in [2.24, 2.45) is 0 Å². The van der Waals surface area contributed by atoms with Crippen LogP contribution in [-0.4, -0.2) is 16.8 Å². The van der Waals surface area contributed by atoms with E-state index in [1.165, 1.54) is 0 Å². The minimum absolute atomic E-state index is 0.191. The number of rotatable bonds is 1. The Hall–Kier alpha value is -1.75. The number of carbonyl (C=O) groups excluding carboxylic acids is 2. The van der Waals surface area contributed by atoms with E-state index >= 15 is 0 Å². The van der Waals surface area contributed by atoms with Gasteiger partial charge < -0.3 is 0 Å². The van der Waals surface area contributed by atoms with Crippen molar-refractivity contribution >= 4 is 38.6 Å². The van der Waals surface area contributed by atoms with E-state index in [9.17, 15) is 9.59 Å². The lowest BCUT2D eigenvalue weighted by atomic mass is 9.90. The highest BCUT2D eigenvalue weighted by Gasteiger charge is 2.27. The Labute approximate surface area is 118 Å². The maximum atomic E-state index is 11.8. The second kappa shape index (κ2) is 4.74. The summed E-state index contributed by atoms with van der Waals surface area (Å²) in [7, 11) is 0. The molecule has 1 atom stereocenters. The summed E-state index contributed by atoms with van der Waals surface area (Å²) in [4.78, 5) is 27.3. The van der Waals surface area contributed by atoms with Crippen molar-refractivity contribution in [3.05, 3.63) is 40.5 Å². The molecular weight excluding hydrogens is 308 g/mol. The number of nitrogens with zero attached hydrogens (tertiary/aromatic N) is 1. The van der Waals surface area contributed by atoms with Crippen molar-refractivity contribution < 1.29 is 9.59 Å². The minimum atomic E-state index is -0.257. The van der Waals surface area contributed by atoms with E-state index in [0.717, 1.165) is 20.9 Å². The molecule has 0 radical (unpaired) electrons. The van der Waals surface area contributed by atoms with E-state index in [1.54, 1.807) is 6.20 Å². The highest BCUT2D eigenvalue weighted by Crippen LogP contribution is 2.27. The minimum Gasteiger partial charge on any atom is -0.296 e. The second-order valence-electron chi connectivity index (χ2n) is 4.61. The van der Waals surface area contributed by atoms with Gasteiger partial charge in [0.05, 0.1) is 11.4 Å². The first-order valence-corrected chi connectivity index (χ1v) is 6.82. The van der Waals surface area contributed by atoms with Gasteiger partial charge in [0.25, 0.3) is 0 Å². The predicted molar refractivity (Wildman–Crippen MR) is 74.6 cm³/mol. The largest absolute Gasteiger partial charge is 0.296 e. The molecule has 1 N–H and O–H groups in total. The average molecular weight is 319 g/mol. The van der Waals surface area contributed by atoms with Crippen LogP contribution in [0.4, 0.5) is 0 Å². The summed E-state index contributed by atoms with van der Waals surface area (Å²) >= 11 is 3.38. The van der Waals surface area contributed by atoms with Gasteiger partial charge in [-0.3, -0.25) is 19.9 Å². The Morgan fingerprint density at radius 2 is 2.11 bits per heavy atom. The summed E-state index contributed by atoms with van der Waals surface area (Å²) in [6.45, 7) is 0. The van der Waals surface area contributed by atoms with E-state index in [1.807, 2.05) is 24.3 Å². The number of fused-ring (bicyclic) bond motifs is 1. The number of imide groups is 1. The number of halogens is 1. The third-order valence-electron chi connectivity index (χ3n) is 3.32. The van der Waals surface area contributed by atoms with Crippen LogP contribution in [0.15, 0.2) is 34.9 Å². The van der Waals surface area contributed by atoms with Gasteiger partial charge in [-0.05, 0) is 40.0 Å². The Bertz CT molecular complexity index is 684. The fourth-order valence-electron chi connectivity index (χ4n) is 2.34. The Morgan fingerprint density at radius 1 is 1.26 bits per heavy atom. The molecule has 1 aromatic carbocycles. The monoisotopic (exact) mass is 318 g/mol. The molecule has 1 aliphatic rings. The van der Waals surface area contributed by atoms with Crippen molar-refractivity contribution in [3.8, 4) is 0 Å². The Morgan fingerprint density at radius 3 is 2.89 bits per heavy atom. The predicted octanol–water partition coefficient (Wildman–Crippen LogP) is 2.52. The topological polar surface area (TPSA) is 59.1 Å². The van der Waals surface area contributed by atoms with E-state index in [2.05, 4.69) is 26.2 Å². The summed E-state index contributed by atoms with van der Waals surface area (Å²) in [5, 5.41) is 3.40. The molecular formula is C14H11BrN2O2. The first-order chi connectivity index (χ1) is 9.13. The summed E-state index contributed by atoms with van der Waals surface area (Å²) < 4.78 is 0.925. The van der Waals surface area contributed by atoms with Gasteiger partial charge in [-0.2, -0.15) is 0 Å². The average Bonchev–Trinajstić information content (AvgIpc) is 2.38. The molecule has 19 heavy (non-hydrogen) atoms. The van der Waals surface area contributed by atoms with Gasteiger partial charge in [0.1, 0.15) is 0 Å². The number of pyridine rings is 1. The molecule has 1 unspecified atom stereocenters. The summed E-state index contributed by atoms with van der Waals surface area (Å²) in [5.41, 5.74) is 1.76. The molecule has 1 aromatic heterocycles. The summed E-state index contributed by atoms with van der Waals surface area (Å²) in [5.74, 6) is -0.663. The molecule has 3 rings (SSSR count). The smallest absolute Gasteiger partial charge is 0.234 e. The first kappa shape index (κ1) is 12.3. The van der Waals surface area contributed by atoms with Crippen LogP contribution in [0.1, 0.15) is 24.3 Å². The third-order valence-corrected chi connectivity index (χ3v) is 3.75. The number of hydrogen-bond donors (Lipinski definition) is 1. The normalized spacial score (nSPS) is 19.5. The molecule has 96 valence electrons. The molecule has 1 saturated heterocycles. The highest BCUT2D eigenvalue weighted by molar-refractivity contribution is 9.10. The van der Waals surface area contributed by atoms with Gasteiger partial charge in [-0.25, -0.2) is 0 Å². The molecule has 0 spiro atoms. The lowest BCUT2D eigenvalue weighted by Crippen LogP contribution is -2.39. The zero-order chi connectivity index (χ0) is 13.4. The molecule has 1 fully saturated rings. The van der Waals surface area contributed by atoms with Gasteiger partial charge in [0, 0.05) is 22.5 Å². The second-order valence-corrected chi connectivity index (χ2v) is 5.53. The van der Waals surface area contributed by atoms with Gasteiger partial charge in [-0.15, -0.1) is 0 Å². The van der Waals surface area contributed by atoms with E-state index in [-0.39, 0.29) is 17.7 Å². The van der Waals surface area contributed by atoms with Crippen molar-refractivity contribution in [2.45, 2.75) is 18.8 Å². The van der Waals surface area contributed by atoms with Crippen molar-refractivity contribution in [3.63, 3.8) is 0 Å². The zero-order valence-electron chi connectivity index (χ0n) is 10.0. The fraction of sp³-hybridized carbons (Fsp3) is 0.214. The quantitative estimate of drug-likeness (QED) is 0.822. The van der Waals surface area contributed by atoms with Gasteiger partial charge >= 0.3 is 0 Å². The summed E-state index contributed by atoms with van der Waals surface area (Å²) in [6, 6.07) is 7.78. The molecule has 0 bridgehead atoms. The molecule has 2 heterocycles. The Kier molecular flexibility index (Phi) is 3.06. The molecule has 2 amide bonds. The van der Waals surface area contributed by atoms with Crippen molar-refractivity contribution in [1.82, 2.24) is 10.3 Å². The molecule has 5 heteroatoms. The number of amides is 2. The third kappa shape index (κ3) is 2.38. The van der Waals surface area contributed by atoms with Gasteiger partial charge in [0.15, 0.2) is 0 Å². The van der Waals surface area contributed by atoms with Crippen LogP contribution in [0.3, 0.4) is 0 Å². The van der Waals surface area contributed by atoms with E-state index < -0.39 is 0 Å². The molecule has 0 aliphatic carbocycles. The Balaban J connectivity index is 1.99. The van der Waals surface area contributed by atoms with Crippen LogP contribution < -0.4 is 5.32 Å². The van der Waals surface area contributed by atoms with Crippen LogP contribution in [0.2, 0.25) is 0 Å². The molecule has 0 saturated carbocycles. The number of aromatic nitrogens is 1. The summed E-state index contributed by atoms with van der Waals surface area (Å²) in [6.07, 6.45) is 2.69. The highest BCUT2D eigenvalue weighted by atomic mass is 79.9. The standard InChI is InChI=1S/C14H11BrN2O2/c15-10-5-9-2-1-8(6-12(9)16-7-10)11-3-4-13(18)17-14(11)19/h1-2,5-7,11H,3-4H2,(H,17,18,19). The van der Waals surface area contributed by atoms with Crippen molar-refractivity contribution in [1.29, 1.82) is 0 Å². The van der Waals surface area contributed by atoms with Crippen LogP contribution in [0, 0.1) is 0 Å². The van der Waals surface area contributed by atoms with Crippen LogP contribution in [0.25, 0.3) is 10.9 Å². The SMILES string of the molecule is O=C1CCC(c2ccc3cc(Br)cnc3c2)C(=O)N1. The zero-order valence-corrected chi connectivity index (χ0v) is 11.6.